The first-order chi connectivity index (χ1) is 9.46. The van der Waals surface area contributed by atoms with Crippen LogP contribution < -0.4 is 4.72 Å². The van der Waals surface area contributed by atoms with E-state index in [9.17, 15) is 13.2 Å². The van der Waals surface area contributed by atoms with Crippen LogP contribution in [0.3, 0.4) is 0 Å². The van der Waals surface area contributed by atoms with Gasteiger partial charge in [0, 0.05) is 0 Å². The third kappa shape index (κ3) is 3.75. The summed E-state index contributed by atoms with van der Waals surface area (Å²) in [6, 6.07) is 6.42. The van der Waals surface area contributed by atoms with E-state index in [0.717, 1.165) is 0 Å². The van der Waals surface area contributed by atoms with Crippen LogP contribution in [0.15, 0.2) is 30.6 Å². The van der Waals surface area contributed by atoms with Gasteiger partial charge in [0.2, 0.25) is 10.0 Å². The van der Waals surface area contributed by atoms with Crippen LogP contribution in [0.1, 0.15) is 6.42 Å². The van der Waals surface area contributed by atoms with Gasteiger partial charge in [-0.1, -0.05) is 6.07 Å². The van der Waals surface area contributed by atoms with Crippen molar-refractivity contribution in [1.29, 1.82) is 0 Å². The zero-order valence-electron chi connectivity index (χ0n) is 10.2. The molecule has 0 fully saturated rings. The van der Waals surface area contributed by atoms with E-state index in [4.69, 9.17) is 5.11 Å². The molecule has 0 unspecified atom stereocenters. The number of carboxylic acid groups (broad SMARTS) is 1. The van der Waals surface area contributed by atoms with Gasteiger partial charge in [-0.25, -0.2) is 13.1 Å². The molecule has 106 valence electrons. The number of carboxylic acids is 1. The Morgan fingerprint density at radius 1 is 1.40 bits per heavy atom. The van der Waals surface area contributed by atoms with E-state index >= 15 is 0 Å². The second kappa shape index (κ2) is 5.65. The normalized spacial score (nSPS) is 11.2. The zero-order valence-corrected chi connectivity index (χ0v) is 11.0. The van der Waals surface area contributed by atoms with E-state index in [-0.39, 0.29) is 0 Å². The van der Waals surface area contributed by atoms with E-state index in [0.29, 0.717) is 11.4 Å². The molecule has 0 saturated heterocycles. The summed E-state index contributed by atoms with van der Waals surface area (Å²) in [5.41, 5.74) is 0.886. The number of aliphatic carboxylic acids is 1. The average Bonchev–Trinajstić information content (AvgIpc) is 2.90. The Labute approximate surface area is 114 Å². The molecule has 10 heteroatoms. The topological polar surface area (TPSA) is 127 Å². The third-order valence-electron chi connectivity index (χ3n) is 2.32. The van der Waals surface area contributed by atoms with E-state index in [1.165, 1.54) is 17.1 Å². The van der Waals surface area contributed by atoms with Gasteiger partial charge in [0.05, 0.1) is 23.5 Å². The Balaban J connectivity index is 2.14. The molecule has 0 spiro atoms. The summed E-state index contributed by atoms with van der Waals surface area (Å²) >= 11 is 0. The minimum absolute atomic E-state index is 0.309. The fraction of sp³-hybridized carbons (Fsp3) is 0.200. The quantitative estimate of drug-likeness (QED) is 0.760. The Kier molecular flexibility index (Phi) is 3.94. The van der Waals surface area contributed by atoms with Crippen LogP contribution in [-0.4, -0.2) is 45.5 Å². The predicted molar refractivity (Wildman–Crippen MR) is 68.8 cm³/mol. The van der Waals surface area contributed by atoms with Crippen LogP contribution in [0.2, 0.25) is 0 Å². The molecule has 0 atom stereocenters. The number of carbonyl (C=O) groups is 1. The van der Waals surface area contributed by atoms with E-state index in [1.807, 2.05) is 0 Å². The molecule has 2 N–H and O–H groups in total. The standard InChI is InChI=1S/C10H11N5O4S/c16-10(17)4-5-20(18,19)12-8-2-1-3-9(6-8)15-7-11-13-14-15/h1-3,6-7,12H,4-5H2,(H,16,17). The fourth-order valence-corrected chi connectivity index (χ4v) is 2.48. The van der Waals surface area contributed by atoms with E-state index in [1.54, 1.807) is 18.2 Å². The second-order valence-electron chi connectivity index (χ2n) is 3.87. The monoisotopic (exact) mass is 297 g/mol. The van der Waals surface area contributed by atoms with Crippen molar-refractivity contribution < 1.29 is 18.3 Å². The van der Waals surface area contributed by atoms with Crippen molar-refractivity contribution in [1.82, 2.24) is 20.2 Å². The van der Waals surface area contributed by atoms with Gasteiger partial charge < -0.3 is 5.11 Å². The van der Waals surface area contributed by atoms with Crippen molar-refractivity contribution in [3.05, 3.63) is 30.6 Å². The number of hydrogen-bond donors (Lipinski definition) is 2. The van der Waals surface area contributed by atoms with Gasteiger partial charge in [-0.2, -0.15) is 0 Å². The van der Waals surface area contributed by atoms with Crippen LogP contribution in [-0.2, 0) is 14.8 Å². The molecule has 0 aliphatic carbocycles. The largest absolute Gasteiger partial charge is 0.481 e. The maximum absolute atomic E-state index is 11.7. The van der Waals surface area contributed by atoms with Crippen LogP contribution >= 0.6 is 0 Å². The summed E-state index contributed by atoms with van der Waals surface area (Å²) in [6.07, 6.45) is 0.917. The lowest BCUT2D eigenvalue weighted by atomic mass is 10.3. The zero-order chi connectivity index (χ0) is 14.6. The Morgan fingerprint density at radius 3 is 2.85 bits per heavy atom. The maximum Gasteiger partial charge on any atom is 0.304 e. The molecule has 0 radical (unpaired) electrons. The van der Waals surface area contributed by atoms with Crippen LogP contribution in [0.4, 0.5) is 5.69 Å². The highest BCUT2D eigenvalue weighted by molar-refractivity contribution is 7.92. The molecule has 0 saturated carbocycles. The molecule has 1 aromatic carbocycles. The minimum atomic E-state index is -3.71. The molecule has 0 aliphatic heterocycles. The van der Waals surface area contributed by atoms with Gasteiger partial charge in [-0.3, -0.25) is 9.52 Å². The molecule has 2 aromatic rings. The van der Waals surface area contributed by atoms with E-state index in [2.05, 4.69) is 20.2 Å². The van der Waals surface area contributed by atoms with Gasteiger partial charge in [0.25, 0.3) is 0 Å². The first-order valence-corrected chi connectivity index (χ1v) is 7.17. The van der Waals surface area contributed by atoms with Crippen LogP contribution in [0.5, 0.6) is 0 Å². The third-order valence-corrected chi connectivity index (χ3v) is 3.61. The first kappa shape index (κ1) is 13.9. The molecular weight excluding hydrogens is 286 g/mol. The Morgan fingerprint density at radius 2 is 2.20 bits per heavy atom. The molecule has 20 heavy (non-hydrogen) atoms. The van der Waals surface area contributed by atoms with Crippen molar-refractivity contribution in [2.24, 2.45) is 0 Å². The average molecular weight is 297 g/mol. The maximum atomic E-state index is 11.7. The first-order valence-electron chi connectivity index (χ1n) is 5.52. The summed E-state index contributed by atoms with van der Waals surface area (Å²) < 4.78 is 27.0. The van der Waals surface area contributed by atoms with Crippen molar-refractivity contribution in [3.8, 4) is 5.69 Å². The number of nitrogens with zero attached hydrogens (tertiary/aromatic N) is 4. The smallest absolute Gasteiger partial charge is 0.304 e. The molecule has 2 rings (SSSR count). The van der Waals surface area contributed by atoms with Gasteiger partial charge in [0.15, 0.2) is 0 Å². The molecule has 9 nitrogen and oxygen atoms in total. The SMILES string of the molecule is O=C(O)CCS(=O)(=O)Nc1cccc(-n2cnnn2)c1. The summed E-state index contributed by atoms with van der Waals surface area (Å²) in [4.78, 5) is 10.4. The van der Waals surface area contributed by atoms with Gasteiger partial charge >= 0.3 is 5.97 Å². The van der Waals surface area contributed by atoms with E-state index < -0.39 is 28.2 Å². The number of benzene rings is 1. The fourth-order valence-electron chi connectivity index (χ4n) is 1.44. The van der Waals surface area contributed by atoms with Crippen molar-refractivity contribution in [3.63, 3.8) is 0 Å². The number of hydrogen-bond acceptors (Lipinski definition) is 6. The lowest BCUT2D eigenvalue weighted by Gasteiger charge is -2.08. The Bertz CT molecular complexity index is 698. The van der Waals surface area contributed by atoms with Crippen molar-refractivity contribution in [2.75, 3.05) is 10.5 Å². The highest BCUT2D eigenvalue weighted by Gasteiger charge is 2.13. The number of aromatic nitrogens is 4. The van der Waals surface area contributed by atoms with Crippen LogP contribution in [0, 0.1) is 0 Å². The molecule has 1 heterocycles. The highest BCUT2D eigenvalue weighted by Crippen LogP contribution is 2.15. The Hall–Kier alpha value is -2.49. The molecule has 0 amide bonds. The second-order valence-corrected chi connectivity index (χ2v) is 5.71. The van der Waals surface area contributed by atoms with Gasteiger partial charge in [-0.05, 0) is 28.6 Å². The number of nitrogens with one attached hydrogen (secondary N) is 1. The van der Waals surface area contributed by atoms with Gasteiger partial charge in [-0.15, -0.1) is 5.10 Å². The van der Waals surface area contributed by atoms with Crippen molar-refractivity contribution >= 4 is 21.7 Å². The minimum Gasteiger partial charge on any atom is -0.481 e. The molecule has 0 bridgehead atoms. The predicted octanol–water partition coefficient (Wildman–Crippen LogP) is -0.121. The number of rotatable bonds is 6. The number of anilines is 1. The summed E-state index contributed by atoms with van der Waals surface area (Å²) in [5.74, 6) is -1.66. The molecular formula is C10H11N5O4S. The molecule has 1 aromatic heterocycles. The van der Waals surface area contributed by atoms with Crippen LogP contribution in [0.25, 0.3) is 5.69 Å². The molecule has 0 aliphatic rings. The highest BCUT2D eigenvalue weighted by atomic mass is 32.2. The van der Waals surface area contributed by atoms with Gasteiger partial charge in [0.1, 0.15) is 6.33 Å². The summed E-state index contributed by atoms with van der Waals surface area (Å²) in [7, 11) is -3.71. The number of sulfonamides is 1. The summed E-state index contributed by atoms with van der Waals surface area (Å²) in [6.45, 7) is 0. The summed E-state index contributed by atoms with van der Waals surface area (Å²) in [5, 5.41) is 19.1. The van der Waals surface area contributed by atoms with Crippen molar-refractivity contribution in [2.45, 2.75) is 6.42 Å². The lowest BCUT2D eigenvalue weighted by Crippen LogP contribution is -2.19. The lowest BCUT2D eigenvalue weighted by molar-refractivity contribution is -0.136. The number of tetrazole rings is 1.